The topological polar surface area (TPSA) is 82.8 Å². The van der Waals surface area contributed by atoms with Gasteiger partial charge in [-0.1, -0.05) is 23.7 Å². The van der Waals surface area contributed by atoms with E-state index in [-0.39, 0.29) is 69.1 Å². The number of fused-ring (bicyclic) bond motifs is 2. The molecule has 1 fully saturated rings. The van der Waals surface area contributed by atoms with Gasteiger partial charge in [0.15, 0.2) is 17.3 Å². The summed E-state index contributed by atoms with van der Waals surface area (Å²) in [6.45, 7) is 2.18. The Labute approximate surface area is 258 Å². The first-order valence-electron chi connectivity index (χ1n) is 14.0. The third kappa shape index (κ3) is 4.96. The maximum Gasteiger partial charge on any atom is 0.338 e. The highest BCUT2D eigenvalue weighted by atomic mass is 35.5. The summed E-state index contributed by atoms with van der Waals surface area (Å²) in [7, 11) is 0. The molecule has 7 nitrogen and oxygen atoms in total. The molecule has 7 rings (SSSR count). The molecule has 5 aromatic rings. The van der Waals surface area contributed by atoms with Gasteiger partial charge in [0.1, 0.15) is 28.8 Å². The Kier molecular flexibility index (Phi) is 6.97. The first-order valence-corrected chi connectivity index (χ1v) is 14.4. The van der Waals surface area contributed by atoms with Crippen molar-refractivity contribution in [2.45, 2.75) is 38.2 Å². The average Bonchev–Trinajstić information content (AvgIpc) is 3.49. The minimum atomic E-state index is -1.57. The van der Waals surface area contributed by atoms with E-state index >= 15 is 13.2 Å². The van der Waals surface area contributed by atoms with Crippen molar-refractivity contribution in [2.24, 2.45) is 0 Å². The average molecular weight is 639 g/mol. The second-order valence-electron chi connectivity index (χ2n) is 11.0. The van der Waals surface area contributed by atoms with Gasteiger partial charge in [-0.3, -0.25) is 0 Å². The fourth-order valence-corrected chi connectivity index (χ4v) is 5.92. The van der Waals surface area contributed by atoms with Crippen molar-refractivity contribution in [1.82, 2.24) is 9.55 Å². The first-order chi connectivity index (χ1) is 21.5. The minimum Gasteiger partial charge on any atom is -0.478 e. The Hall–Kier alpha value is -4.61. The maximum atomic E-state index is 15.7. The van der Waals surface area contributed by atoms with Crippen LogP contribution >= 0.6 is 11.6 Å². The third-order valence-electron chi connectivity index (χ3n) is 8.12. The molecule has 12 heteroatoms. The van der Waals surface area contributed by atoms with Gasteiger partial charge in [-0.2, -0.15) is 0 Å². The van der Waals surface area contributed by atoms with Crippen LogP contribution in [0.3, 0.4) is 0 Å². The quantitative estimate of drug-likeness (QED) is 0.185. The SMILES string of the molecule is CC1(c2ccc(Cl)cc2F)Oc2cccc(-c3cc(F)c(Cc4nc5ccc(C(=O)O)c(F)c5n4CC4CCO4)c(F)c3)c2O1. The molecule has 3 heterocycles. The summed E-state index contributed by atoms with van der Waals surface area (Å²) in [5, 5.41) is 9.62. The van der Waals surface area contributed by atoms with Crippen molar-refractivity contribution >= 4 is 28.6 Å². The van der Waals surface area contributed by atoms with E-state index in [0.29, 0.717) is 18.6 Å². The summed E-state index contributed by atoms with van der Waals surface area (Å²) in [4.78, 5) is 16.0. The number of benzene rings is 4. The molecule has 0 bridgehead atoms. The summed E-state index contributed by atoms with van der Waals surface area (Å²) < 4.78 is 80.6. The second-order valence-corrected chi connectivity index (χ2v) is 11.5. The fraction of sp³-hybridized carbons (Fsp3) is 0.212. The largest absolute Gasteiger partial charge is 0.478 e. The van der Waals surface area contributed by atoms with Crippen molar-refractivity contribution in [3.63, 3.8) is 0 Å². The molecule has 2 aliphatic rings. The molecule has 1 N–H and O–H groups in total. The number of carboxylic acid groups (broad SMARTS) is 1. The number of ether oxygens (including phenoxy) is 3. The van der Waals surface area contributed by atoms with E-state index in [1.54, 1.807) is 18.2 Å². The molecular weight excluding hydrogens is 616 g/mol. The highest BCUT2D eigenvalue weighted by Gasteiger charge is 2.42. The van der Waals surface area contributed by atoms with Gasteiger partial charge < -0.3 is 23.9 Å². The van der Waals surface area contributed by atoms with Gasteiger partial charge in [0.25, 0.3) is 5.79 Å². The van der Waals surface area contributed by atoms with Gasteiger partial charge in [-0.25, -0.2) is 27.3 Å². The lowest BCUT2D eigenvalue weighted by Gasteiger charge is -2.27. The predicted molar refractivity (Wildman–Crippen MR) is 156 cm³/mol. The van der Waals surface area contributed by atoms with Gasteiger partial charge in [0.05, 0.1) is 29.3 Å². The van der Waals surface area contributed by atoms with Crippen LogP contribution in [0.25, 0.3) is 22.2 Å². The smallest absolute Gasteiger partial charge is 0.338 e. The Morgan fingerprint density at radius 3 is 2.47 bits per heavy atom. The van der Waals surface area contributed by atoms with Gasteiger partial charge in [-0.15, -0.1) is 0 Å². The number of para-hydroxylation sites is 1. The summed E-state index contributed by atoms with van der Waals surface area (Å²) in [6, 6.07) is 13.6. The lowest BCUT2D eigenvalue weighted by Crippen LogP contribution is -2.32. The van der Waals surface area contributed by atoms with Crippen LogP contribution < -0.4 is 9.47 Å². The standard InChI is InChI=1S/C33H23ClF4N2O5/c1-33(22-7-5-17(34)13-25(22)37)44-27-4-2-3-19(31(27)45-33)16-11-23(35)21(24(36)12-16)14-28-39-26-8-6-20(32(41)42)29(38)30(26)40(28)15-18-9-10-43-18/h2-8,11-13,18H,9-10,14-15H2,1H3,(H,41,42). The number of halogens is 5. The molecule has 0 saturated carbocycles. The normalized spacial score (nSPS) is 18.8. The Bertz CT molecular complexity index is 2010. The van der Waals surface area contributed by atoms with E-state index in [2.05, 4.69) is 4.98 Å². The number of imidazole rings is 1. The zero-order chi connectivity index (χ0) is 31.6. The Balaban J connectivity index is 1.25. The van der Waals surface area contributed by atoms with Crippen LogP contribution in [0.5, 0.6) is 11.5 Å². The van der Waals surface area contributed by atoms with E-state index in [1.807, 2.05) is 0 Å². The molecule has 0 amide bonds. The molecule has 1 saturated heterocycles. The molecule has 1 aromatic heterocycles. The highest BCUT2D eigenvalue weighted by molar-refractivity contribution is 6.30. The molecule has 2 unspecified atom stereocenters. The number of aromatic carboxylic acids is 1. The van der Waals surface area contributed by atoms with Crippen molar-refractivity contribution in [3.8, 4) is 22.6 Å². The molecule has 0 aliphatic carbocycles. The first kappa shape index (κ1) is 29.1. The second kappa shape index (κ2) is 10.8. The summed E-state index contributed by atoms with van der Waals surface area (Å²) in [5.74, 6) is -5.85. The lowest BCUT2D eigenvalue weighted by molar-refractivity contribution is -0.0705. The third-order valence-corrected chi connectivity index (χ3v) is 8.36. The molecule has 45 heavy (non-hydrogen) atoms. The van der Waals surface area contributed by atoms with Gasteiger partial charge in [0, 0.05) is 36.1 Å². The maximum absolute atomic E-state index is 15.7. The number of rotatable bonds is 7. The van der Waals surface area contributed by atoms with E-state index in [9.17, 15) is 14.3 Å². The van der Waals surface area contributed by atoms with Gasteiger partial charge >= 0.3 is 5.97 Å². The summed E-state index contributed by atoms with van der Waals surface area (Å²) in [5.41, 5.74) is -0.235. The monoisotopic (exact) mass is 638 g/mol. The number of carboxylic acids is 1. The van der Waals surface area contributed by atoms with Crippen LogP contribution in [0.15, 0.2) is 60.7 Å². The van der Waals surface area contributed by atoms with E-state index < -0.39 is 40.6 Å². The molecule has 0 radical (unpaired) electrons. The number of aromatic nitrogens is 2. The van der Waals surface area contributed by atoms with E-state index in [0.717, 1.165) is 24.3 Å². The zero-order valence-electron chi connectivity index (χ0n) is 23.5. The Morgan fingerprint density at radius 2 is 1.80 bits per heavy atom. The van der Waals surface area contributed by atoms with Crippen molar-refractivity contribution in [3.05, 3.63) is 111 Å². The molecule has 230 valence electrons. The van der Waals surface area contributed by atoms with E-state index in [1.165, 1.54) is 29.7 Å². The summed E-state index contributed by atoms with van der Waals surface area (Å²) >= 11 is 5.90. The predicted octanol–water partition coefficient (Wildman–Crippen LogP) is 7.64. The molecule has 4 aromatic carbocycles. The fourth-order valence-electron chi connectivity index (χ4n) is 5.77. The van der Waals surface area contributed by atoms with Crippen LogP contribution in [-0.2, 0) is 23.5 Å². The van der Waals surface area contributed by atoms with Crippen molar-refractivity contribution in [1.29, 1.82) is 0 Å². The Morgan fingerprint density at radius 1 is 1.04 bits per heavy atom. The summed E-state index contributed by atoms with van der Waals surface area (Å²) in [6.07, 6.45) is 0.0652. The lowest BCUT2D eigenvalue weighted by atomic mass is 10.00. The molecule has 2 atom stereocenters. The van der Waals surface area contributed by atoms with Crippen LogP contribution in [0.1, 0.15) is 40.7 Å². The van der Waals surface area contributed by atoms with Crippen LogP contribution in [0.2, 0.25) is 5.02 Å². The minimum absolute atomic E-state index is 0.0741. The van der Waals surface area contributed by atoms with E-state index in [4.69, 9.17) is 25.8 Å². The number of hydrogen-bond acceptors (Lipinski definition) is 5. The van der Waals surface area contributed by atoms with Crippen LogP contribution in [0.4, 0.5) is 17.6 Å². The van der Waals surface area contributed by atoms with Gasteiger partial charge in [-0.05, 0) is 60.5 Å². The number of nitrogens with zero attached hydrogens (tertiary/aromatic N) is 2. The molecule has 2 aliphatic heterocycles. The van der Waals surface area contributed by atoms with Crippen LogP contribution in [-0.4, -0.2) is 33.3 Å². The molecular formula is C33H23ClF4N2O5. The van der Waals surface area contributed by atoms with Gasteiger partial charge in [0.2, 0.25) is 0 Å². The van der Waals surface area contributed by atoms with Crippen molar-refractivity contribution < 1.29 is 41.7 Å². The highest BCUT2D eigenvalue weighted by Crippen LogP contribution is 2.50. The number of hydrogen-bond donors (Lipinski definition) is 1. The molecule has 0 spiro atoms. The zero-order valence-corrected chi connectivity index (χ0v) is 24.3. The van der Waals surface area contributed by atoms with Crippen LogP contribution in [0, 0.1) is 23.3 Å². The number of carbonyl (C=O) groups is 1. The van der Waals surface area contributed by atoms with Crippen molar-refractivity contribution in [2.75, 3.05) is 6.61 Å².